The first-order valence-corrected chi connectivity index (χ1v) is 6.77. The zero-order valence-electron chi connectivity index (χ0n) is 11.9. The van der Waals surface area contributed by atoms with Crippen molar-refractivity contribution in [1.29, 1.82) is 0 Å². The number of aryl methyl sites for hydroxylation is 1. The third-order valence-electron chi connectivity index (χ3n) is 2.77. The Bertz CT molecular complexity index is 611. The molecule has 1 amide bonds. The number of carbonyl (C=O) groups excluding carboxylic acids is 1. The normalized spacial score (nSPS) is 10.5. The lowest BCUT2D eigenvalue weighted by molar-refractivity contribution is -0.120. The fourth-order valence-corrected chi connectivity index (χ4v) is 1.75. The highest BCUT2D eigenvalue weighted by molar-refractivity contribution is 5.80. The molecule has 108 valence electrons. The molecule has 5 heteroatoms. The number of rotatable bonds is 6. The largest absolute Gasteiger partial charge is 0.385 e. The number of pyridine rings is 1. The van der Waals surface area contributed by atoms with Gasteiger partial charge in [0.2, 0.25) is 5.91 Å². The third kappa shape index (κ3) is 5.44. The van der Waals surface area contributed by atoms with Crippen LogP contribution < -0.4 is 10.7 Å². The molecule has 5 nitrogen and oxygen atoms in total. The van der Waals surface area contributed by atoms with Crippen LogP contribution in [0.4, 0.5) is 5.69 Å². The number of hydrogen-bond acceptors (Lipinski definition) is 4. The summed E-state index contributed by atoms with van der Waals surface area (Å²) in [5, 5.41) is 7.07. The molecule has 1 heterocycles. The molecule has 2 aromatic rings. The predicted molar refractivity (Wildman–Crippen MR) is 84.3 cm³/mol. The Labute approximate surface area is 124 Å². The van der Waals surface area contributed by atoms with E-state index in [2.05, 4.69) is 20.8 Å². The van der Waals surface area contributed by atoms with E-state index in [-0.39, 0.29) is 5.91 Å². The van der Waals surface area contributed by atoms with Crippen molar-refractivity contribution in [2.75, 3.05) is 11.9 Å². The topological polar surface area (TPSA) is 66.4 Å². The standard InChI is InChI=1S/C16H18N4O/c1-13-5-4-7-14(11-13)18-10-8-16(21)20-19-12-15-6-2-3-9-17-15/h2-7,9,11-12,18H,8,10H2,1H3,(H,20,21). The van der Waals surface area contributed by atoms with E-state index in [9.17, 15) is 4.79 Å². The lowest BCUT2D eigenvalue weighted by Crippen LogP contribution is -2.20. The summed E-state index contributed by atoms with van der Waals surface area (Å²) in [6, 6.07) is 13.5. The molecule has 0 unspecified atom stereocenters. The minimum Gasteiger partial charge on any atom is -0.385 e. The molecular weight excluding hydrogens is 264 g/mol. The number of nitrogens with one attached hydrogen (secondary N) is 2. The van der Waals surface area contributed by atoms with Crippen molar-refractivity contribution in [1.82, 2.24) is 10.4 Å². The molecule has 2 N–H and O–H groups in total. The summed E-state index contributed by atoms with van der Waals surface area (Å²) >= 11 is 0. The van der Waals surface area contributed by atoms with Crippen molar-refractivity contribution in [3.8, 4) is 0 Å². The van der Waals surface area contributed by atoms with Crippen molar-refractivity contribution in [3.05, 3.63) is 59.9 Å². The Morgan fingerprint density at radius 2 is 2.19 bits per heavy atom. The predicted octanol–water partition coefficient (Wildman–Crippen LogP) is 2.34. The Morgan fingerprint density at radius 3 is 2.95 bits per heavy atom. The maximum Gasteiger partial charge on any atom is 0.241 e. The van der Waals surface area contributed by atoms with Crippen molar-refractivity contribution < 1.29 is 4.79 Å². The first kappa shape index (κ1) is 14.7. The van der Waals surface area contributed by atoms with Gasteiger partial charge in [0, 0.05) is 24.8 Å². The number of nitrogens with zero attached hydrogens (tertiary/aromatic N) is 2. The molecule has 0 bridgehead atoms. The summed E-state index contributed by atoms with van der Waals surface area (Å²) in [5.41, 5.74) is 5.38. The van der Waals surface area contributed by atoms with E-state index in [1.807, 2.05) is 49.4 Å². The van der Waals surface area contributed by atoms with Crippen LogP contribution in [0.3, 0.4) is 0 Å². The molecule has 0 aliphatic rings. The van der Waals surface area contributed by atoms with Crippen LogP contribution in [0.1, 0.15) is 17.7 Å². The zero-order chi connectivity index (χ0) is 14.9. The SMILES string of the molecule is Cc1cccc(NCCC(=O)NN=Cc2ccccn2)c1. The van der Waals surface area contributed by atoms with E-state index in [1.165, 1.54) is 11.8 Å². The van der Waals surface area contributed by atoms with Crippen LogP contribution in [0.25, 0.3) is 0 Å². The Balaban J connectivity index is 1.69. The van der Waals surface area contributed by atoms with E-state index >= 15 is 0 Å². The first-order valence-electron chi connectivity index (χ1n) is 6.77. The van der Waals surface area contributed by atoms with E-state index in [4.69, 9.17) is 0 Å². The number of hydrogen-bond donors (Lipinski definition) is 2. The fourth-order valence-electron chi connectivity index (χ4n) is 1.75. The molecular formula is C16H18N4O. The van der Waals surface area contributed by atoms with E-state index in [0.29, 0.717) is 18.7 Å². The zero-order valence-corrected chi connectivity index (χ0v) is 11.9. The molecule has 21 heavy (non-hydrogen) atoms. The number of anilines is 1. The lowest BCUT2D eigenvalue weighted by Gasteiger charge is -2.06. The monoisotopic (exact) mass is 282 g/mol. The molecule has 0 atom stereocenters. The molecule has 0 saturated carbocycles. The molecule has 0 fully saturated rings. The second-order valence-electron chi connectivity index (χ2n) is 4.59. The van der Waals surface area contributed by atoms with Gasteiger partial charge in [-0.2, -0.15) is 5.10 Å². The van der Waals surface area contributed by atoms with Crippen molar-refractivity contribution >= 4 is 17.8 Å². The van der Waals surface area contributed by atoms with Gasteiger partial charge in [0.1, 0.15) is 0 Å². The van der Waals surface area contributed by atoms with Crippen molar-refractivity contribution in [3.63, 3.8) is 0 Å². The smallest absolute Gasteiger partial charge is 0.241 e. The number of carbonyl (C=O) groups is 1. The molecule has 1 aromatic carbocycles. The lowest BCUT2D eigenvalue weighted by atomic mass is 10.2. The number of hydrazone groups is 1. The van der Waals surface area contributed by atoms with Gasteiger partial charge < -0.3 is 5.32 Å². The van der Waals surface area contributed by atoms with Crippen LogP contribution in [0.5, 0.6) is 0 Å². The highest BCUT2D eigenvalue weighted by Gasteiger charge is 1.99. The van der Waals surface area contributed by atoms with Gasteiger partial charge in [0.15, 0.2) is 0 Å². The first-order chi connectivity index (χ1) is 10.2. The molecule has 0 aliphatic heterocycles. The van der Waals surface area contributed by atoms with Crippen LogP contribution >= 0.6 is 0 Å². The minimum atomic E-state index is -0.137. The van der Waals surface area contributed by atoms with E-state index < -0.39 is 0 Å². The van der Waals surface area contributed by atoms with Crippen LogP contribution in [0, 0.1) is 6.92 Å². The Hall–Kier alpha value is -2.69. The van der Waals surface area contributed by atoms with Gasteiger partial charge in [-0.25, -0.2) is 5.43 Å². The molecule has 1 aromatic heterocycles. The van der Waals surface area contributed by atoms with Crippen LogP contribution in [0.15, 0.2) is 53.8 Å². The van der Waals surface area contributed by atoms with Gasteiger partial charge in [0.05, 0.1) is 11.9 Å². The molecule has 2 rings (SSSR count). The van der Waals surface area contributed by atoms with Gasteiger partial charge in [-0.15, -0.1) is 0 Å². The van der Waals surface area contributed by atoms with Gasteiger partial charge >= 0.3 is 0 Å². The third-order valence-corrected chi connectivity index (χ3v) is 2.77. The van der Waals surface area contributed by atoms with Gasteiger partial charge in [0.25, 0.3) is 0 Å². The maximum atomic E-state index is 11.6. The second-order valence-corrected chi connectivity index (χ2v) is 4.59. The quantitative estimate of drug-likeness (QED) is 0.631. The van der Waals surface area contributed by atoms with Crippen LogP contribution in [0.2, 0.25) is 0 Å². The average Bonchev–Trinajstić information content (AvgIpc) is 2.48. The van der Waals surface area contributed by atoms with Gasteiger partial charge in [-0.05, 0) is 36.8 Å². The molecule has 0 saturated heterocycles. The molecule has 0 aliphatic carbocycles. The second kappa shape index (κ2) is 7.79. The van der Waals surface area contributed by atoms with E-state index in [0.717, 1.165) is 5.69 Å². The number of amides is 1. The Morgan fingerprint density at radius 1 is 1.29 bits per heavy atom. The van der Waals surface area contributed by atoms with Crippen molar-refractivity contribution in [2.45, 2.75) is 13.3 Å². The Kier molecular flexibility index (Phi) is 5.46. The summed E-state index contributed by atoms with van der Waals surface area (Å²) in [7, 11) is 0. The number of benzene rings is 1. The highest BCUT2D eigenvalue weighted by atomic mass is 16.2. The molecule has 0 spiro atoms. The summed E-state index contributed by atoms with van der Waals surface area (Å²) in [4.78, 5) is 15.7. The summed E-state index contributed by atoms with van der Waals surface area (Å²) in [5.74, 6) is -0.137. The summed E-state index contributed by atoms with van der Waals surface area (Å²) < 4.78 is 0. The number of aromatic nitrogens is 1. The average molecular weight is 282 g/mol. The fraction of sp³-hybridized carbons (Fsp3) is 0.188. The summed E-state index contributed by atoms with van der Waals surface area (Å²) in [6.45, 7) is 2.60. The molecule has 0 radical (unpaired) electrons. The van der Waals surface area contributed by atoms with Crippen LogP contribution in [-0.2, 0) is 4.79 Å². The van der Waals surface area contributed by atoms with E-state index in [1.54, 1.807) is 6.20 Å². The maximum absolute atomic E-state index is 11.6. The summed E-state index contributed by atoms with van der Waals surface area (Å²) in [6.07, 6.45) is 3.55. The minimum absolute atomic E-state index is 0.137. The highest BCUT2D eigenvalue weighted by Crippen LogP contribution is 2.08. The van der Waals surface area contributed by atoms with Gasteiger partial charge in [-0.1, -0.05) is 18.2 Å². The van der Waals surface area contributed by atoms with Crippen molar-refractivity contribution in [2.24, 2.45) is 5.10 Å². The van der Waals surface area contributed by atoms with Crippen LogP contribution in [-0.4, -0.2) is 23.7 Å². The van der Waals surface area contributed by atoms with Gasteiger partial charge in [-0.3, -0.25) is 9.78 Å².